The fourth-order valence-corrected chi connectivity index (χ4v) is 2.78. The van der Waals surface area contributed by atoms with Crippen LogP contribution in [0.25, 0.3) is 0 Å². The molecule has 0 spiro atoms. The molecule has 6 nitrogen and oxygen atoms in total. The number of carbonyl (C=O) groups excluding carboxylic acids is 1. The highest BCUT2D eigenvalue weighted by atomic mass is 16.5. The molecule has 0 heterocycles. The van der Waals surface area contributed by atoms with E-state index in [4.69, 9.17) is 18.9 Å². The fourth-order valence-electron chi connectivity index (χ4n) is 2.78. The third kappa shape index (κ3) is 5.31. The Labute approximate surface area is 166 Å². The molecule has 1 amide bonds. The molecule has 0 saturated heterocycles. The molecule has 1 atom stereocenters. The molecule has 0 aliphatic carbocycles. The van der Waals surface area contributed by atoms with Crippen LogP contribution in [0.5, 0.6) is 23.0 Å². The molecule has 1 N–H and O–H groups in total. The lowest BCUT2D eigenvalue weighted by atomic mass is 10.1. The van der Waals surface area contributed by atoms with E-state index in [9.17, 15) is 4.79 Å². The van der Waals surface area contributed by atoms with E-state index in [1.165, 1.54) is 0 Å². The SMILES string of the molecule is CCCOc1ccc(C(=O)N[C@@H](C)c2cc(OC)ccc2OC)cc1OCC. The topological polar surface area (TPSA) is 66.0 Å². The highest BCUT2D eigenvalue weighted by Gasteiger charge is 2.18. The Balaban J connectivity index is 2.21. The Kier molecular flexibility index (Phi) is 7.99. The molecule has 2 rings (SSSR count). The van der Waals surface area contributed by atoms with Crippen LogP contribution >= 0.6 is 0 Å². The first-order valence-electron chi connectivity index (χ1n) is 9.46. The number of benzene rings is 2. The van der Waals surface area contributed by atoms with Gasteiger partial charge < -0.3 is 24.3 Å². The lowest BCUT2D eigenvalue weighted by Gasteiger charge is -2.19. The molecule has 0 aromatic heterocycles. The Morgan fingerprint density at radius 1 is 0.964 bits per heavy atom. The monoisotopic (exact) mass is 387 g/mol. The van der Waals surface area contributed by atoms with Gasteiger partial charge in [0.2, 0.25) is 0 Å². The number of carbonyl (C=O) groups is 1. The fraction of sp³-hybridized carbons (Fsp3) is 0.409. The van der Waals surface area contributed by atoms with Gasteiger partial charge >= 0.3 is 0 Å². The molecular weight excluding hydrogens is 358 g/mol. The smallest absolute Gasteiger partial charge is 0.251 e. The number of rotatable bonds is 10. The van der Waals surface area contributed by atoms with E-state index in [-0.39, 0.29) is 11.9 Å². The number of hydrogen-bond acceptors (Lipinski definition) is 5. The van der Waals surface area contributed by atoms with Crippen LogP contribution in [0.1, 0.15) is 49.2 Å². The van der Waals surface area contributed by atoms with E-state index in [0.29, 0.717) is 41.8 Å². The van der Waals surface area contributed by atoms with E-state index < -0.39 is 0 Å². The zero-order valence-electron chi connectivity index (χ0n) is 17.2. The van der Waals surface area contributed by atoms with Crippen molar-refractivity contribution in [1.29, 1.82) is 0 Å². The third-order valence-corrected chi connectivity index (χ3v) is 4.22. The Bertz CT molecular complexity index is 790. The number of hydrogen-bond donors (Lipinski definition) is 1. The Hall–Kier alpha value is -2.89. The van der Waals surface area contributed by atoms with Crippen molar-refractivity contribution in [3.05, 3.63) is 47.5 Å². The van der Waals surface area contributed by atoms with Gasteiger partial charge in [-0.25, -0.2) is 0 Å². The van der Waals surface area contributed by atoms with Gasteiger partial charge in [-0.1, -0.05) is 6.92 Å². The summed E-state index contributed by atoms with van der Waals surface area (Å²) in [7, 11) is 3.20. The van der Waals surface area contributed by atoms with Gasteiger partial charge in [-0.3, -0.25) is 4.79 Å². The Morgan fingerprint density at radius 2 is 1.71 bits per heavy atom. The molecule has 0 fully saturated rings. The summed E-state index contributed by atoms with van der Waals surface area (Å²) in [6.07, 6.45) is 0.897. The second-order valence-electron chi connectivity index (χ2n) is 6.25. The largest absolute Gasteiger partial charge is 0.497 e. The number of methoxy groups -OCH3 is 2. The molecule has 0 aliphatic heterocycles. The highest BCUT2D eigenvalue weighted by molar-refractivity contribution is 5.95. The maximum Gasteiger partial charge on any atom is 0.251 e. The van der Waals surface area contributed by atoms with Gasteiger partial charge in [0.15, 0.2) is 11.5 Å². The van der Waals surface area contributed by atoms with Crippen LogP contribution < -0.4 is 24.3 Å². The molecule has 0 unspecified atom stereocenters. The second kappa shape index (κ2) is 10.4. The summed E-state index contributed by atoms with van der Waals surface area (Å²) in [5.74, 6) is 2.39. The van der Waals surface area contributed by atoms with Crippen LogP contribution in [0.4, 0.5) is 0 Å². The van der Waals surface area contributed by atoms with E-state index in [1.807, 2.05) is 39.0 Å². The molecule has 2 aromatic rings. The number of nitrogens with one attached hydrogen (secondary N) is 1. The van der Waals surface area contributed by atoms with E-state index in [1.54, 1.807) is 32.4 Å². The van der Waals surface area contributed by atoms with Crippen LogP contribution in [0.3, 0.4) is 0 Å². The molecule has 0 aliphatic rings. The van der Waals surface area contributed by atoms with Crippen molar-refractivity contribution >= 4 is 5.91 Å². The van der Waals surface area contributed by atoms with Crippen LogP contribution in [-0.2, 0) is 0 Å². The first-order chi connectivity index (χ1) is 13.5. The van der Waals surface area contributed by atoms with E-state index in [0.717, 1.165) is 12.0 Å². The lowest BCUT2D eigenvalue weighted by Crippen LogP contribution is -2.27. The van der Waals surface area contributed by atoms with Crippen LogP contribution in [0.2, 0.25) is 0 Å². The van der Waals surface area contributed by atoms with Crippen molar-refractivity contribution in [3.63, 3.8) is 0 Å². The zero-order chi connectivity index (χ0) is 20.5. The van der Waals surface area contributed by atoms with Crippen molar-refractivity contribution in [2.75, 3.05) is 27.4 Å². The maximum atomic E-state index is 12.8. The first-order valence-corrected chi connectivity index (χ1v) is 9.46. The predicted molar refractivity (Wildman–Crippen MR) is 109 cm³/mol. The van der Waals surface area contributed by atoms with Crippen LogP contribution in [0, 0.1) is 0 Å². The van der Waals surface area contributed by atoms with Crippen molar-refractivity contribution in [3.8, 4) is 23.0 Å². The minimum Gasteiger partial charge on any atom is -0.497 e. The van der Waals surface area contributed by atoms with Gasteiger partial charge in [-0.05, 0) is 56.7 Å². The van der Waals surface area contributed by atoms with Crippen LogP contribution in [0.15, 0.2) is 36.4 Å². The predicted octanol–water partition coefficient (Wildman–Crippen LogP) is 4.38. The van der Waals surface area contributed by atoms with Crippen molar-refractivity contribution in [2.24, 2.45) is 0 Å². The van der Waals surface area contributed by atoms with Gasteiger partial charge in [0.1, 0.15) is 11.5 Å². The zero-order valence-corrected chi connectivity index (χ0v) is 17.2. The molecule has 152 valence electrons. The Morgan fingerprint density at radius 3 is 2.36 bits per heavy atom. The highest BCUT2D eigenvalue weighted by Crippen LogP contribution is 2.31. The first kappa shape index (κ1) is 21.4. The van der Waals surface area contributed by atoms with Crippen LogP contribution in [-0.4, -0.2) is 33.3 Å². The van der Waals surface area contributed by atoms with Gasteiger partial charge in [0.05, 0.1) is 33.5 Å². The lowest BCUT2D eigenvalue weighted by molar-refractivity contribution is 0.0939. The molecule has 6 heteroatoms. The quantitative estimate of drug-likeness (QED) is 0.655. The average molecular weight is 387 g/mol. The van der Waals surface area contributed by atoms with E-state index >= 15 is 0 Å². The summed E-state index contributed by atoms with van der Waals surface area (Å²) in [6, 6.07) is 10.4. The van der Waals surface area contributed by atoms with Gasteiger partial charge in [0, 0.05) is 11.1 Å². The second-order valence-corrected chi connectivity index (χ2v) is 6.25. The normalized spacial score (nSPS) is 11.5. The summed E-state index contributed by atoms with van der Waals surface area (Å²) in [5.41, 5.74) is 1.34. The minimum absolute atomic E-state index is 0.208. The number of amides is 1. The summed E-state index contributed by atoms with van der Waals surface area (Å²) in [5, 5.41) is 3.00. The van der Waals surface area contributed by atoms with Crippen molar-refractivity contribution in [1.82, 2.24) is 5.32 Å². The molecule has 0 radical (unpaired) electrons. The minimum atomic E-state index is -0.274. The molecule has 0 bridgehead atoms. The van der Waals surface area contributed by atoms with Gasteiger partial charge in [-0.15, -0.1) is 0 Å². The molecule has 2 aromatic carbocycles. The standard InChI is InChI=1S/C22H29NO5/c1-6-12-28-20-10-8-16(13-21(20)27-7-2)22(24)23-15(3)18-14-17(25-4)9-11-19(18)26-5/h8-11,13-15H,6-7,12H2,1-5H3,(H,23,24)/t15-/m0/s1. The van der Waals surface area contributed by atoms with E-state index in [2.05, 4.69) is 5.32 Å². The summed E-state index contributed by atoms with van der Waals surface area (Å²) >= 11 is 0. The van der Waals surface area contributed by atoms with Gasteiger partial charge in [-0.2, -0.15) is 0 Å². The molecule has 0 saturated carbocycles. The summed E-state index contributed by atoms with van der Waals surface area (Å²) in [6.45, 7) is 6.92. The summed E-state index contributed by atoms with van der Waals surface area (Å²) < 4.78 is 22.0. The maximum absolute atomic E-state index is 12.8. The van der Waals surface area contributed by atoms with Crippen molar-refractivity contribution < 1.29 is 23.7 Å². The van der Waals surface area contributed by atoms with Crippen molar-refractivity contribution in [2.45, 2.75) is 33.2 Å². The number of ether oxygens (including phenoxy) is 4. The third-order valence-electron chi connectivity index (χ3n) is 4.22. The molecule has 28 heavy (non-hydrogen) atoms. The summed E-state index contributed by atoms with van der Waals surface area (Å²) in [4.78, 5) is 12.8. The van der Waals surface area contributed by atoms with Gasteiger partial charge in [0.25, 0.3) is 5.91 Å². The average Bonchev–Trinajstić information content (AvgIpc) is 2.72. The molecular formula is C22H29NO5.